The number of ether oxygens (including phenoxy) is 1. The van der Waals surface area contributed by atoms with Crippen molar-refractivity contribution in [3.63, 3.8) is 0 Å². The number of carbonyl (C=O) groups is 1. The second kappa shape index (κ2) is 8.81. The minimum absolute atomic E-state index is 0.0432. The highest BCUT2D eigenvalue weighted by Crippen LogP contribution is 2.27. The molecular weight excluding hydrogens is 331 g/mol. The molecule has 0 saturated heterocycles. The van der Waals surface area contributed by atoms with Crippen LogP contribution in [0.2, 0.25) is 0 Å². The van der Waals surface area contributed by atoms with E-state index in [-0.39, 0.29) is 36.3 Å². The third kappa shape index (κ3) is 4.82. The van der Waals surface area contributed by atoms with Gasteiger partial charge in [0.15, 0.2) is 11.6 Å². The predicted octanol–water partition coefficient (Wildman–Crippen LogP) is 3.58. The number of halogens is 1. The zero-order valence-corrected chi connectivity index (χ0v) is 14.7. The molecule has 0 bridgehead atoms. The normalized spacial score (nSPS) is 20.5. The van der Waals surface area contributed by atoms with E-state index in [2.05, 4.69) is 5.32 Å². The molecule has 1 aliphatic carbocycles. The van der Waals surface area contributed by atoms with Gasteiger partial charge in [0.05, 0.1) is 6.04 Å². The number of nitrogens with two attached hydrogens (primary N) is 1. The third-order valence-electron chi connectivity index (χ3n) is 4.94. The van der Waals surface area contributed by atoms with Gasteiger partial charge in [-0.3, -0.25) is 4.79 Å². The molecular formula is C21H25FN2O2. The van der Waals surface area contributed by atoms with Crippen molar-refractivity contribution < 1.29 is 13.9 Å². The lowest BCUT2D eigenvalue weighted by molar-refractivity contribution is -0.123. The standard InChI is InChI=1S/C21H25FN2O2/c22-17-10-4-5-12-20(17)26-14-19(15-7-2-1-3-8-15)24-21(25)13-16-9-6-11-18(16)23/h1-5,7-8,10,12,16,18-19H,6,9,11,13-14,23H2,(H,24,25)/t16-,18+,19?/m0/s1. The number of carbonyl (C=O) groups excluding carboxylic acids is 1. The van der Waals surface area contributed by atoms with E-state index in [1.807, 2.05) is 30.3 Å². The summed E-state index contributed by atoms with van der Waals surface area (Å²) in [6.07, 6.45) is 3.48. The molecule has 1 fully saturated rings. The number of nitrogens with one attached hydrogen (secondary N) is 1. The van der Waals surface area contributed by atoms with Gasteiger partial charge in [-0.15, -0.1) is 0 Å². The Labute approximate surface area is 153 Å². The van der Waals surface area contributed by atoms with Crippen LogP contribution in [-0.4, -0.2) is 18.6 Å². The molecule has 1 amide bonds. The quantitative estimate of drug-likeness (QED) is 0.797. The molecule has 1 unspecified atom stereocenters. The Kier molecular flexibility index (Phi) is 6.23. The third-order valence-corrected chi connectivity index (χ3v) is 4.94. The van der Waals surface area contributed by atoms with E-state index in [1.54, 1.807) is 18.2 Å². The first kappa shape index (κ1) is 18.4. The highest BCUT2D eigenvalue weighted by molar-refractivity contribution is 5.76. The van der Waals surface area contributed by atoms with Crippen LogP contribution in [-0.2, 0) is 4.79 Å². The number of para-hydroxylation sites is 1. The fraction of sp³-hybridized carbons (Fsp3) is 0.381. The summed E-state index contributed by atoms with van der Waals surface area (Å²) in [6, 6.07) is 15.6. The Morgan fingerprint density at radius 1 is 1.15 bits per heavy atom. The van der Waals surface area contributed by atoms with Gasteiger partial charge in [-0.1, -0.05) is 48.9 Å². The van der Waals surface area contributed by atoms with Crippen molar-refractivity contribution >= 4 is 5.91 Å². The average Bonchev–Trinajstić information content (AvgIpc) is 3.05. The van der Waals surface area contributed by atoms with Gasteiger partial charge in [0.1, 0.15) is 6.61 Å². The second-order valence-corrected chi connectivity index (χ2v) is 6.83. The first-order chi connectivity index (χ1) is 12.6. The van der Waals surface area contributed by atoms with Crippen LogP contribution in [0.3, 0.4) is 0 Å². The summed E-state index contributed by atoms with van der Waals surface area (Å²) >= 11 is 0. The first-order valence-corrected chi connectivity index (χ1v) is 9.10. The Morgan fingerprint density at radius 2 is 1.88 bits per heavy atom. The summed E-state index contributed by atoms with van der Waals surface area (Å²) in [6.45, 7) is 0.160. The van der Waals surface area contributed by atoms with Crippen molar-refractivity contribution in [1.29, 1.82) is 0 Å². The number of benzene rings is 2. The van der Waals surface area contributed by atoms with Gasteiger partial charge in [0, 0.05) is 12.5 Å². The monoisotopic (exact) mass is 356 g/mol. The molecule has 0 heterocycles. The summed E-state index contributed by atoms with van der Waals surface area (Å²) in [5.41, 5.74) is 7.00. The predicted molar refractivity (Wildman–Crippen MR) is 99.2 cm³/mol. The highest BCUT2D eigenvalue weighted by Gasteiger charge is 2.27. The SMILES string of the molecule is N[C@@H]1CCC[C@H]1CC(=O)NC(COc1ccccc1F)c1ccccc1. The lowest BCUT2D eigenvalue weighted by atomic mass is 9.99. The maximum absolute atomic E-state index is 13.8. The molecule has 3 atom stereocenters. The zero-order chi connectivity index (χ0) is 18.4. The van der Waals surface area contributed by atoms with E-state index in [1.165, 1.54) is 6.07 Å². The molecule has 3 rings (SSSR count). The lowest BCUT2D eigenvalue weighted by Gasteiger charge is -2.22. The molecule has 3 N–H and O–H groups in total. The van der Waals surface area contributed by atoms with E-state index in [4.69, 9.17) is 10.5 Å². The largest absolute Gasteiger partial charge is 0.488 e. The Bertz CT molecular complexity index is 723. The van der Waals surface area contributed by atoms with Crippen LogP contribution in [0.25, 0.3) is 0 Å². The Morgan fingerprint density at radius 3 is 2.58 bits per heavy atom. The van der Waals surface area contributed by atoms with Crippen molar-refractivity contribution in [1.82, 2.24) is 5.32 Å². The highest BCUT2D eigenvalue weighted by atomic mass is 19.1. The van der Waals surface area contributed by atoms with E-state index < -0.39 is 5.82 Å². The van der Waals surface area contributed by atoms with Gasteiger partial charge in [0.2, 0.25) is 5.91 Å². The fourth-order valence-electron chi connectivity index (χ4n) is 3.45. The van der Waals surface area contributed by atoms with Gasteiger partial charge < -0.3 is 15.8 Å². The van der Waals surface area contributed by atoms with Crippen molar-refractivity contribution in [2.75, 3.05) is 6.61 Å². The van der Waals surface area contributed by atoms with Crippen LogP contribution in [0.1, 0.15) is 37.3 Å². The maximum Gasteiger partial charge on any atom is 0.220 e. The summed E-state index contributed by atoms with van der Waals surface area (Å²) in [7, 11) is 0. The van der Waals surface area contributed by atoms with E-state index in [0.717, 1.165) is 24.8 Å². The van der Waals surface area contributed by atoms with Crippen LogP contribution in [0.5, 0.6) is 5.75 Å². The van der Waals surface area contributed by atoms with Gasteiger partial charge >= 0.3 is 0 Å². The zero-order valence-electron chi connectivity index (χ0n) is 14.7. The second-order valence-electron chi connectivity index (χ2n) is 6.83. The summed E-state index contributed by atoms with van der Waals surface area (Å²) in [5, 5.41) is 3.03. The van der Waals surface area contributed by atoms with E-state index >= 15 is 0 Å². The molecule has 1 aliphatic rings. The molecule has 0 spiro atoms. The lowest BCUT2D eigenvalue weighted by Crippen LogP contribution is -2.36. The molecule has 26 heavy (non-hydrogen) atoms. The number of hydrogen-bond donors (Lipinski definition) is 2. The molecule has 0 radical (unpaired) electrons. The van der Waals surface area contributed by atoms with Crippen LogP contribution < -0.4 is 15.8 Å². The molecule has 4 nitrogen and oxygen atoms in total. The van der Waals surface area contributed by atoms with Gasteiger partial charge in [0.25, 0.3) is 0 Å². The van der Waals surface area contributed by atoms with Crippen LogP contribution >= 0.6 is 0 Å². The Balaban J connectivity index is 1.65. The van der Waals surface area contributed by atoms with Crippen LogP contribution in [0.15, 0.2) is 54.6 Å². The number of hydrogen-bond acceptors (Lipinski definition) is 3. The van der Waals surface area contributed by atoms with Crippen molar-refractivity contribution in [3.8, 4) is 5.75 Å². The number of rotatable bonds is 7. The first-order valence-electron chi connectivity index (χ1n) is 9.10. The fourth-order valence-corrected chi connectivity index (χ4v) is 3.45. The topological polar surface area (TPSA) is 64.4 Å². The van der Waals surface area contributed by atoms with Crippen molar-refractivity contribution in [2.24, 2.45) is 11.7 Å². The summed E-state index contributed by atoms with van der Waals surface area (Å²) < 4.78 is 19.4. The molecule has 5 heteroatoms. The molecule has 0 aliphatic heterocycles. The molecule has 138 valence electrons. The van der Waals surface area contributed by atoms with Crippen molar-refractivity contribution in [2.45, 2.75) is 37.8 Å². The van der Waals surface area contributed by atoms with Crippen molar-refractivity contribution in [3.05, 3.63) is 66.0 Å². The van der Waals surface area contributed by atoms with E-state index in [0.29, 0.717) is 6.42 Å². The summed E-state index contributed by atoms with van der Waals surface area (Å²) in [4.78, 5) is 12.5. The molecule has 1 saturated carbocycles. The minimum atomic E-state index is -0.414. The van der Waals surface area contributed by atoms with Gasteiger partial charge in [-0.05, 0) is 36.5 Å². The molecule has 0 aromatic heterocycles. The molecule has 2 aromatic carbocycles. The summed E-state index contributed by atoms with van der Waals surface area (Å²) in [5.74, 6) is -0.0414. The Hall–Kier alpha value is -2.40. The average molecular weight is 356 g/mol. The van der Waals surface area contributed by atoms with Gasteiger partial charge in [-0.25, -0.2) is 4.39 Å². The number of amides is 1. The molecule has 2 aromatic rings. The smallest absolute Gasteiger partial charge is 0.220 e. The van der Waals surface area contributed by atoms with Gasteiger partial charge in [-0.2, -0.15) is 0 Å². The van der Waals surface area contributed by atoms with Crippen LogP contribution in [0.4, 0.5) is 4.39 Å². The van der Waals surface area contributed by atoms with Crippen LogP contribution in [0, 0.1) is 11.7 Å². The van der Waals surface area contributed by atoms with E-state index in [9.17, 15) is 9.18 Å². The minimum Gasteiger partial charge on any atom is -0.488 e. The maximum atomic E-state index is 13.8.